The quantitative estimate of drug-likeness (QED) is 0.130. The standard InChI is InChI=1S/C9H17NO7S/c1-16-5(10)2-8(14)7(13)6(12)4(3-11)17-9(8,15)18/h4,6-7,10-15,18H,2-3H2,1H3/t4-,6+,7+,8+,9-/m1/s1. The Kier molecular flexibility index (Phi) is 4.60. The van der Waals surface area contributed by atoms with E-state index in [1.807, 2.05) is 0 Å². The predicted octanol–water partition coefficient (Wildman–Crippen LogP) is -2.58. The van der Waals surface area contributed by atoms with Crippen LogP contribution < -0.4 is 0 Å². The van der Waals surface area contributed by atoms with E-state index in [0.717, 1.165) is 0 Å². The van der Waals surface area contributed by atoms with Gasteiger partial charge < -0.3 is 35.0 Å². The number of methoxy groups -OCH3 is 1. The van der Waals surface area contributed by atoms with E-state index in [2.05, 4.69) is 17.4 Å². The topological polar surface area (TPSA) is 143 Å². The lowest BCUT2D eigenvalue weighted by Crippen LogP contribution is -2.71. The van der Waals surface area contributed by atoms with Crippen molar-refractivity contribution in [2.45, 2.75) is 35.5 Å². The largest absolute Gasteiger partial charge is 0.484 e. The second-order valence-electron chi connectivity index (χ2n) is 4.11. The summed E-state index contributed by atoms with van der Waals surface area (Å²) in [6.07, 6.45) is -5.45. The van der Waals surface area contributed by atoms with Gasteiger partial charge in [-0.1, -0.05) is 0 Å². The van der Waals surface area contributed by atoms with Crippen molar-refractivity contribution in [2.24, 2.45) is 0 Å². The predicted molar refractivity (Wildman–Crippen MR) is 62.2 cm³/mol. The number of ether oxygens (including phenoxy) is 2. The zero-order chi connectivity index (χ0) is 14.1. The fourth-order valence-electron chi connectivity index (χ4n) is 1.74. The molecule has 0 radical (unpaired) electrons. The monoisotopic (exact) mass is 283 g/mol. The van der Waals surface area contributed by atoms with Gasteiger partial charge in [0, 0.05) is 0 Å². The van der Waals surface area contributed by atoms with Crippen molar-refractivity contribution in [3.05, 3.63) is 0 Å². The summed E-state index contributed by atoms with van der Waals surface area (Å²) in [5.41, 5.74) is -2.45. The minimum atomic E-state index is -2.55. The molecule has 0 spiro atoms. The molecule has 1 fully saturated rings. The summed E-state index contributed by atoms with van der Waals surface area (Å²) in [5, 5.41) is 53.2. The Hall–Kier alpha value is -0.420. The molecule has 0 bridgehead atoms. The molecular weight excluding hydrogens is 266 g/mol. The molecule has 0 aromatic heterocycles. The smallest absolute Gasteiger partial charge is 0.246 e. The van der Waals surface area contributed by atoms with Gasteiger partial charge in [-0.15, -0.1) is 12.6 Å². The normalized spacial score (nSPS) is 44.7. The third kappa shape index (κ3) is 2.48. The van der Waals surface area contributed by atoms with Crippen LogP contribution in [0.4, 0.5) is 0 Å². The minimum Gasteiger partial charge on any atom is -0.484 e. The van der Waals surface area contributed by atoms with Crippen LogP contribution in [0.2, 0.25) is 0 Å². The third-order valence-electron chi connectivity index (χ3n) is 2.93. The summed E-state index contributed by atoms with van der Waals surface area (Å²) in [5.74, 6) is -0.442. The Morgan fingerprint density at radius 3 is 2.44 bits per heavy atom. The minimum absolute atomic E-state index is 0.442. The molecule has 9 heteroatoms. The number of hydrogen-bond donors (Lipinski definition) is 7. The first-order chi connectivity index (χ1) is 8.19. The fraction of sp³-hybridized carbons (Fsp3) is 0.889. The molecule has 0 amide bonds. The summed E-state index contributed by atoms with van der Waals surface area (Å²) < 4.78 is 9.35. The second kappa shape index (κ2) is 5.29. The molecule has 0 aromatic rings. The number of hydrogen-bond acceptors (Lipinski definition) is 9. The van der Waals surface area contributed by atoms with Gasteiger partial charge in [0.2, 0.25) is 5.12 Å². The van der Waals surface area contributed by atoms with Crippen LogP contribution in [0.1, 0.15) is 6.42 Å². The first kappa shape index (κ1) is 15.6. The molecule has 106 valence electrons. The lowest BCUT2D eigenvalue weighted by molar-refractivity contribution is -0.345. The Labute approximate surface area is 109 Å². The Morgan fingerprint density at radius 2 is 2.00 bits per heavy atom. The van der Waals surface area contributed by atoms with E-state index in [-0.39, 0.29) is 0 Å². The molecule has 1 saturated heterocycles. The average molecular weight is 283 g/mol. The number of rotatable bonds is 3. The molecule has 8 nitrogen and oxygen atoms in total. The third-order valence-corrected chi connectivity index (χ3v) is 3.42. The zero-order valence-electron chi connectivity index (χ0n) is 9.65. The van der Waals surface area contributed by atoms with Crippen molar-refractivity contribution >= 4 is 18.5 Å². The molecule has 1 heterocycles. The lowest BCUT2D eigenvalue weighted by atomic mass is 9.83. The molecule has 0 aliphatic carbocycles. The van der Waals surface area contributed by atoms with Crippen molar-refractivity contribution in [3.63, 3.8) is 0 Å². The highest BCUT2D eigenvalue weighted by atomic mass is 32.1. The Balaban J connectivity index is 3.04. The number of nitrogens with one attached hydrogen (secondary N) is 1. The van der Waals surface area contributed by atoms with Gasteiger partial charge in [0.25, 0.3) is 0 Å². The number of aliphatic hydroxyl groups is 5. The molecule has 18 heavy (non-hydrogen) atoms. The van der Waals surface area contributed by atoms with Crippen LogP contribution in [0.25, 0.3) is 0 Å². The highest BCUT2D eigenvalue weighted by Gasteiger charge is 2.62. The second-order valence-corrected chi connectivity index (χ2v) is 4.72. The molecular formula is C9H17NO7S. The lowest BCUT2D eigenvalue weighted by Gasteiger charge is -2.50. The van der Waals surface area contributed by atoms with Crippen molar-refractivity contribution in [2.75, 3.05) is 13.7 Å². The Morgan fingerprint density at radius 1 is 1.44 bits per heavy atom. The summed E-state index contributed by atoms with van der Waals surface area (Å²) in [7, 11) is 1.17. The van der Waals surface area contributed by atoms with Gasteiger partial charge in [0.1, 0.15) is 18.3 Å². The SMILES string of the molecule is COC(=N)C[C@]1(O)[C@@H](O)[C@@H](O)[C@@H](CO)O[C@@]1(O)S. The van der Waals surface area contributed by atoms with Gasteiger partial charge in [-0.25, -0.2) is 0 Å². The van der Waals surface area contributed by atoms with Gasteiger partial charge in [-0.05, 0) is 0 Å². The van der Waals surface area contributed by atoms with Gasteiger partial charge in [-0.2, -0.15) is 0 Å². The van der Waals surface area contributed by atoms with Crippen molar-refractivity contribution in [1.82, 2.24) is 0 Å². The zero-order valence-corrected chi connectivity index (χ0v) is 10.5. The van der Waals surface area contributed by atoms with Crippen LogP contribution in [0, 0.1) is 5.41 Å². The van der Waals surface area contributed by atoms with E-state index in [0.29, 0.717) is 0 Å². The molecule has 1 rings (SSSR count). The Bertz CT molecular complexity index is 326. The maximum Gasteiger partial charge on any atom is 0.246 e. The van der Waals surface area contributed by atoms with E-state index in [4.69, 9.17) is 15.3 Å². The van der Waals surface area contributed by atoms with Crippen LogP contribution in [0.15, 0.2) is 0 Å². The van der Waals surface area contributed by atoms with Gasteiger partial charge in [-0.3, -0.25) is 5.41 Å². The van der Waals surface area contributed by atoms with Crippen molar-refractivity contribution in [3.8, 4) is 0 Å². The summed E-state index contributed by atoms with van der Waals surface area (Å²) in [6, 6.07) is 0. The van der Waals surface area contributed by atoms with E-state index in [9.17, 15) is 20.4 Å². The average Bonchev–Trinajstić information content (AvgIpc) is 2.32. The number of thiol groups is 1. The summed E-state index contributed by atoms with van der Waals surface area (Å²) >= 11 is 3.67. The van der Waals surface area contributed by atoms with Crippen LogP contribution >= 0.6 is 12.6 Å². The van der Waals surface area contributed by atoms with Crippen LogP contribution in [-0.4, -0.2) is 74.2 Å². The molecule has 1 aliphatic heterocycles. The van der Waals surface area contributed by atoms with E-state index >= 15 is 0 Å². The van der Waals surface area contributed by atoms with E-state index in [1.54, 1.807) is 0 Å². The van der Waals surface area contributed by atoms with Crippen LogP contribution in [0.5, 0.6) is 0 Å². The first-order valence-corrected chi connectivity index (χ1v) is 5.57. The molecule has 5 atom stereocenters. The van der Waals surface area contributed by atoms with E-state index < -0.39 is 48.0 Å². The van der Waals surface area contributed by atoms with Crippen LogP contribution in [0.3, 0.4) is 0 Å². The van der Waals surface area contributed by atoms with Gasteiger partial charge in [0.05, 0.1) is 20.1 Å². The molecule has 6 N–H and O–H groups in total. The highest BCUT2D eigenvalue weighted by molar-refractivity contribution is 7.81. The van der Waals surface area contributed by atoms with Crippen molar-refractivity contribution in [1.29, 1.82) is 5.41 Å². The fourth-order valence-corrected chi connectivity index (χ4v) is 2.09. The van der Waals surface area contributed by atoms with Crippen molar-refractivity contribution < 1.29 is 35.0 Å². The summed E-state index contributed by atoms with van der Waals surface area (Å²) in [4.78, 5) is 0. The molecule has 1 aliphatic rings. The first-order valence-electron chi connectivity index (χ1n) is 5.13. The van der Waals surface area contributed by atoms with Gasteiger partial charge in [0.15, 0.2) is 11.5 Å². The maximum absolute atomic E-state index is 10.2. The molecule has 0 unspecified atom stereocenters. The van der Waals surface area contributed by atoms with E-state index in [1.165, 1.54) is 7.11 Å². The molecule has 0 saturated carbocycles. The van der Waals surface area contributed by atoms with Crippen LogP contribution in [-0.2, 0) is 9.47 Å². The molecule has 0 aromatic carbocycles. The highest BCUT2D eigenvalue weighted by Crippen LogP contribution is 2.41. The maximum atomic E-state index is 10.2. The summed E-state index contributed by atoms with van der Waals surface area (Å²) in [6.45, 7) is -0.682. The van der Waals surface area contributed by atoms with Gasteiger partial charge >= 0.3 is 0 Å². The number of aliphatic hydroxyl groups excluding tert-OH is 3.